The van der Waals surface area contributed by atoms with Crippen molar-refractivity contribution < 1.29 is 14.3 Å². The van der Waals surface area contributed by atoms with Crippen LogP contribution in [0.3, 0.4) is 0 Å². The predicted octanol–water partition coefficient (Wildman–Crippen LogP) is -0.517. The maximum absolute atomic E-state index is 12.7. The first-order chi connectivity index (χ1) is 11.2. The third-order valence-electron chi connectivity index (χ3n) is 4.37. The van der Waals surface area contributed by atoms with Crippen molar-refractivity contribution in [1.82, 2.24) is 20.4 Å². The van der Waals surface area contributed by atoms with Gasteiger partial charge < -0.3 is 20.1 Å². The Morgan fingerprint density at radius 2 is 1.48 bits per heavy atom. The summed E-state index contributed by atoms with van der Waals surface area (Å²) in [5.74, 6) is -0.719. The van der Waals surface area contributed by atoms with Crippen LogP contribution in [0, 0.1) is 0 Å². The van der Waals surface area contributed by atoms with Crippen molar-refractivity contribution in [3.8, 4) is 0 Å². The minimum atomic E-state index is -0.906. The van der Waals surface area contributed by atoms with Crippen LogP contribution in [-0.4, -0.2) is 93.6 Å². The zero-order chi connectivity index (χ0) is 16.5. The maximum atomic E-state index is 12.7. The zero-order valence-electron chi connectivity index (χ0n) is 14.6. The van der Waals surface area contributed by atoms with Crippen LogP contribution in [0.4, 0.5) is 0 Å². The van der Waals surface area contributed by atoms with Crippen LogP contribution in [0.1, 0.15) is 20.3 Å². The third kappa shape index (κ3) is 5.48. The van der Waals surface area contributed by atoms with E-state index in [1.807, 2.05) is 13.8 Å². The lowest BCUT2D eigenvalue weighted by Crippen LogP contribution is -2.60. The van der Waals surface area contributed by atoms with Crippen molar-refractivity contribution in [3.05, 3.63) is 0 Å². The van der Waals surface area contributed by atoms with Gasteiger partial charge in [-0.15, -0.1) is 0 Å². The molecule has 7 nitrogen and oxygen atoms in total. The molecule has 0 aromatic rings. The molecule has 0 radical (unpaired) electrons. The summed E-state index contributed by atoms with van der Waals surface area (Å²) in [6, 6.07) is 0. The number of Topliss-reactive ketones (excluding diaryl/α,β-unsaturated/α-hetero) is 1. The smallest absolute Gasteiger partial charge is 0.237 e. The summed E-state index contributed by atoms with van der Waals surface area (Å²) in [6.07, 6.45) is 0.290. The monoisotopic (exact) mass is 328 g/mol. The molecule has 0 aromatic carbocycles. The molecule has 2 N–H and O–H groups in total. The Balaban J connectivity index is 2.00. The molecule has 7 heteroatoms. The van der Waals surface area contributed by atoms with E-state index in [-0.39, 0.29) is 5.78 Å². The first kappa shape index (κ1) is 18.8. The SMILES string of the molecule is CCOC(CC(=O)CN1CCNCC1)(OCC)N1CCNCC1. The molecule has 0 bridgehead atoms. The van der Waals surface area contributed by atoms with Crippen LogP contribution in [-0.2, 0) is 14.3 Å². The molecule has 2 aliphatic heterocycles. The molecule has 134 valence electrons. The lowest BCUT2D eigenvalue weighted by Gasteiger charge is -2.44. The van der Waals surface area contributed by atoms with Crippen molar-refractivity contribution in [2.45, 2.75) is 26.2 Å². The Morgan fingerprint density at radius 3 is 2.00 bits per heavy atom. The number of hydrogen-bond donors (Lipinski definition) is 2. The van der Waals surface area contributed by atoms with Gasteiger partial charge >= 0.3 is 0 Å². The van der Waals surface area contributed by atoms with E-state index in [1.54, 1.807) is 0 Å². The van der Waals surface area contributed by atoms with E-state index in [1.165, 1.54) is 0 Å². The fraction of sp³-hybridized carbons (Fsp3) is 0.938. The first-order valence-electron chi connectivity index (χ1n) is 8.88. The molecule has 2 fully saturated rings. The molecule has 0 unspecified atom stereocenters. The molecule has 0 saturated carbocycles. The van der Waals surface area contributed by atoms with E-state index in [4.69, 9.17) is 9.47 Å². The van der Waals surface area contributed by atoms with E-state index in [9.17, 15) is 4.79 Å². The van der Waals surface area contributed by atoms with Gasteiger partial charge in [-0.05, 0) is 13.8 Å². The van der Waals surface area contributed by atoms with Gasteiger partial charge in [-0.25, -0.2) is 4.90 Å². The highest BCUT2D eigenvalue weighted by Crippen LogP contribution is 2.25. The number of nitrogens with zero attached hydrogens (tertiary/aromatic N) is 2. The normalized spacial score (nSPS) is 21.5. The number of carbonyl (C=O) groups excluding carboxylic acids is 1. The van der Waals surface area contributed by atoms with Gasteiger partial charge in [-0.1, -0.05) is 0 Å². The van der Waals surface area contributed by atoms with Crippen molar-refractivity contribution >= 4 is 5.78 Å². The summed E-state index contributed by atoms with van der Waals surface area (Å²) in [5.41, 5.74) is 0. The van der Waals surface area contributed by atoms with E-state index >= 15 is 0 Å². The van der Waals surface area contributed by atoms with Crippen molar-refractivity contribution in [1.29, 1.82) is 0 Å². The van der Waals surface area contributed by atoms with E-state index in [0.717, 1.165) is 52.4 Å². The number of ether oxygens (including phenoxy) is 2. The number of piperazine rings is 2. The number of hydrogen-bond acceptors (Lipinski definition) is 7. The van der Waals surface area contributed by atoms with Gasteiger partial charge in [0, 0.05) is 65.6 Å². The second-order valence-corrected chi connectivity index (χ2v) is 6.06. The number of ketones is 1. The van der Waals surface area contributed by atoms with Crippen molar-refractivity contribution in [2.75, 3.05) is 72.1 Å². The minimum Gasteiger partial charge on any atom is -0.337 e. The largest absolute Gasteiger partial charge is 0.337 e. The highest BCUT2D eigenvalue weighted by molar-refractivity contribution is 5.81. The summed E-state index contributed by atoms with van der Waals surface area (Å²) < 4.78 is 12.0. The molecular weight excluding hydrogens is 296 g/mol. The average molecular weight is 328 g/mol. The Hall–Kier alpha value is -0.570. The molecule has 23 heavy (non-hydrogen) atoms. The van der Waals surface area contributed by atoms with Crippen LogP contribution in [0.25, 0.3) is 0 Å². The second-order valence-electron chi connectivity index (χ2n) is 6.06. The van der Waals surface area contributed by atoms with Gasteiger partial charge in [-0.3, -0.25) is 9.69 Å². The van der Waals surface area contributed by atoms with Gasteiger partial charge in [-0.2, -0.15) is 0 Å². The lowest BCUT2D eigenvalue weighted by atomic mass is 10.1. The zero-order valence-corrected chi connectivity index (χ0v) is 14.6. The van der Waals surface area contributed by atoms with Gasteiger partial charge in [0.1, 0.15) is 0 Å². The highest BCUT2D eigenvalue weighted by atomic mass is 16.7. The molecule has 2 heterocycles. The quantitative estimate of drug-likeness (QED) is 0.552. The Labute approximate surface area is 139 Å². The standard InChI is InChI=1S/C16H32N4O3/c1-3-22-16(23-4-2,20-11-7-18-8-12-20)13-15(21)14-19-9-5-17-6-10-19/h17-18H,3-14H2,1-2H3. The van der Waals surface area contributed by atoms with Crippen molar-refractivity contribution in [3.63, 3.8) is 0 Å². The fourth-order valence-corrected chi connectivity index (χ4v) is 3.32. The predicted molar refractivity (Wildman–Crippen MR) is 89.4 cm³/mol. The van der Waals surface area contributed by atoms with E-state index in [2.05, 4.69) is 20.4 Å². The van der Waals surface area contributed by atoms with Crippen LogP contribution in [0.5, 0.6) is 0 Å². The molecule has 2 rings (SSSR count). The lowest BCUT2D eigenvalue weighted by molar-refractivity contribution is -0.316. The molecule has 0 spiro atoms. The van der Waals surface area contributed by atoms with Crippen LogP contribution >= 0.6 is 0 Å². The summed E-state index contributed by atoms with van der Waals surface area (Å²) >= 11 is 0. The molecule has 2 saturated heterocycles. The fourth-order valence-electron chi connectivity index (χ4n) is 3.32. The Morgan fingerprint density at radius 1 is 0.957 bits per heavy atom. The molecule has 0 atom stereocenters. The van der Waals surface area contributed by atoms with Crippen LogP contribution < -0.4 is 10.6 Å². The van der Waals surface area contributed by atoms with Gasteiger partial charge in [0.05, 0.1) is 13.0 Å². The molecule has 0 amide bonds. The molecular formula is C16H32N4O3. The summed E-state index contributed by atoms with van der Waals surface area (Å²) in [7, 11) is 0. The summed E-state index contributed by atoms with van der Waals surface area (Å²) in [5, 5.41) is 6.65. The van der Waals surface area contributed by atoms with Gasteiger partial charge in [0.2, 0.25) is 5.91 Å². The van der Waals surface area contributed by atoms with E-state index < -0.39 is 5.91 Å². The number of carbonyl (C=O) groups is 1. The second kappa shape index (κ2) is 9.66. The van der Waals surface area contributed by atoms with Gasteiger partial charge in [0.15, 0.2) is 5.78 Å². The molecule has 0 aliphatic carbocycles. The van der Waals surface area contributed by atoms with Crippen LogP contribution in [0.15, 0.2) is 0 Å². The Kier molecular flexibility index (Phi) is 7.88. The first-order valence-corrected chi connectivity index (χ1v) is 8.88. The number of nitrogens with one attached hydrogen (secondary N) is 2. The van der Waals surface area contributed by atoms with Crippen LogP contribution in [0.2, 0.25) is 0 Å². The van der Waals surface area contributed by atoms with Gasteiger partial charge in [0.25, 0.3) is 0 Å². The highest BCUT2D eigenvalue weighted by Gasteiger charge is 2.41. The average Bonchev–Trinajstić information content (AvgIpc) is 2.57. The minimum absolute atomic E-state index is 0.187. The summed E-state index contributed by atoms with van der Waals surface area (Å²) in [6.45, 7) is 12.7. The maximum Gasteiger partial charge on any atom is 0.237 e. The van der Waals surface area contributed by atoms with Crippen molar-refractivity contribution in [2.24, 2.45) is 0 Å². The Bertz CT molecular complexity index is 349. The topological polar surface area (TPSA) is 66.1 Å². The molecule has 2 aliphatic rings. The summed E-state index contributed by atoms with van der Waals surface area (Å²) in [4.78, 5) is 17.0. The number of rotatable bonds is 9. The van der Waals surface area contributed by atoms with E-state index in [0.29, 0.717) is 26.2 Å². The molecule has 0 aromatic heterocycles. The third-order valence-corrected chi connectivity index (χ3v) is 4.37.